The molecule has 1 fully saturated rings. The van der Waals surface area contributed by atoms with Crippen LogP contribution in [0.2, 0.25) is 0 Å². The zero-order valence-electron chi connectivity index (χ0n) is 13.8. The van der Waals surface area contributed by atoms with Gasteiger partial charge in [0.05, 0.1) is 11.6 Å². The molecule has 3 aromatic heterocycles. The van der Waals surface area contributed by atoms with Gasteiger partial charge in [-0.05, 0) is 18.8 Å². The second kappa shape index (κ2) is 5.73. The lowest BCUT2D eigenvalue weighted by molar-refractivity contribution is 0.369. The number of aromatic nitrogens is 6. The average Bonchev–Trinajstić information content (AvgIpc) is 3.14. The summed E-state index contributed by atoms with van der Waals surface area (Å²) in [5.74, 6) is 2.96. The molecular weight excluding hydrogens is 308 g/mol. The fourth-order valence-corrected chi connectivity index (χ4v) is 3.27. The first-order valence-electron chi connectivity index (χ1n) is 8.09. The number of hydrogen-bond donors (Lipinski definition) is 1. The van der Waals surface area contributed by atoms with Crippen molar-refractivity contribution in [3.05, 3.63) is 17.9 Å². The van der Waals surface area contributed by atoms with Gasteiger partial charge in [-0.15, -0.1) is 0 Å². The van der Waals surface area contributed by atoms with E-state index in [0.717, 1.165) is 49.2 Å². The van der Waals surface area contributed by atoms with Crippen LogP contribution < -0.4 is 10.6 Å². The van der Waals surface area contributed by atoms with Crippen LogP contribution in [0.1, 0.15) is 24.6 Å². The Morgan fingerprint density at radius 2 is 2.21 bits per heavy atom. The molecule has 1 aliphatic heterocycles. The van der Waals surface area contributed by atoms with Crippen LogP contribution in [0.25, 0.3) is 11.0 Å². The van der Waals surface area contributed by atoms with Crippen LogP contribution in [-0.4, -0.2) is 43.0 Å². The second-order valence-electron chi connectivity index (χ2n) is 6.30. The first-order chi connectivity index (χ1) is 11.6. The maximum Gasteiger partial charge on any atom is 0.229 e. The molecule has 1 saturated heterocycles. The first-order valence-corrected chi connectivity index (χ1v) is 8.09. The molecule has 2 N–H and O–H groups in total. The largest absolute Gasteiger partial charge is 0.383 e. The van der Waals surface area contributed by atoms with Gasteiger partial charge in [-0.25, -0.2) is 0 Å². The Hall–Kier alpha value is -2.71. The molecule has 4 rings (SSSR count). The SMILES string of the molecule is Cc1nc(C[C@H]2CCCN(c3nc(N)c4cnn(C)c4n3)C2)no1. The Kier molecular flexibility index (Phi) is 3.55. The molecule has 126 valence electrons. The number of nitrogens with zero attached hydrogens (tertiary/aromatic N) is 7. The van der Waals surface area contributed by atoms with Crippen LogP contribution in [-0.2, 0) is 13.5 Å². The smallest absolute Gasteiger partial charge is 0.229 e. The molecule has 1 aliphatic rings. The van der Waals surface area contributed by atoms with E-state index in [1.54, 1.807) is 10.9 Å². The highest BCUT2D eigenvalue weighted by Gasteiger charge is 2.24. The Morgan fingerprint density at radius 3 is 3.00 bits per heavy atom. The molecule has 3 aromatic rings. The van der Waals surface area contributed by atoms with E-state index in [9.17, 15) is 0 Å². The number of nitrogen functional groups attached to an aromatic ring is 1. The summed E-state index contributed by atoms with van der Waals surface area (Å²) < 4.78 is 6.78. The van der Waals surface area contributed by atoms with Gasteiger partial charge in [-0.2, -0.15) is 20.1 Å². The first kappa shape index (κ1) is 14.9. The number of anilines is 2. The molecule has 4 heterocycles. The molecule has 0 unspecified atom stereocenters. The minimum Gasteiger partial charge on any atom is -0.383 e. The van der Waals surface area contributed by atoms with Crippen LogP contribution >= 0.6 is 0 Å². The van der Waals surface area contributed by atoms with E-state index in [-0.39, 0.29) is 0 Å². The highest BCUT2D eigenvalue weighted by Crippen LogP contribution is 2.26. The van der Waals surface area contributed by atoms with E-state index < -0.39 is 0 Å². The van der Waals surface area contributed by atoms with Crippen LogP contribution in [0.15, 0.2) is 10.7 Å². The van der Waals surface area contributed by atoms with Crippen molar-refractivity contribution < 1.29 is 4.52 Å². The van der Waals surface area contributed by atoms with E-state index >= 15 is 0 Å². The van der Waals surface area contributed by atoms with Crippen LogP contribution in [0.3, 0.4) is 0 Å². The van der Waals surface area contributed by atoms with Gasteiger partial charge in [0.1, 0.15) is 5.82 Å². The maximum atomic E-state index is 6.07. The summed E-state index contributed by atoms with van der Waals surface area (Å²) in [5.41, 5.74) is 6.83. The van der Waals surface area contributed by atoms with Crippen molar-refractivity contribution in [1.82, 2.24) is 29.9 Å². The van der Waals surface area contributed by atoms with Crippen LogP contribution in [0, 0.1) is 12.8 Å². The topological polar surface area (TPSA) is 112 Å². The number of fused-ring (bicyclic) bond motifs is 1. The van der Waals surface area contributed by atoms with Gasteiger partial charge in [0, 0.05) is 33.5 Å². The molecular formula is C15H20N8O. The molecule has 0 spiro atoms. The summed E-state index contributed by atoms with van der Waals surface area (Å²) in [4.78, 5) is 15.6. The standard InChI is InChI=1S/C15H20N8O/c1-9-18-12(21-24-9)6-10-4-3-5-23(8-10)15-19-13(16)11-7-17-22(2)14(11)20-15/h7,10H,3-6,8H2,1-2H3,(H2,16,19,20)/t10-/m1/s1. The second-order valence-corrected chi connectivity index (χ2v) is 6.30. The van der Waals surface area contributed by atoms with E-state index in [1.165, 1.54) is 0 Å². The van der Waals surface area contributed by atoms with Gasteiger partial charge in [-0.3, -0.25) is 4.68 Å². The summed E-state index contributed by atoms with van der Waals surface area (Å²) in [7, 11) is 1.86. The molecule has 9 heteroatoms. The van der Waals surface area contributed by atoms with Gasteiger partial charge in [0.15, 0.2) is 11.5 Å². The molecule has 0 aliphatic carbocycles. The molecule has 0 amide bonds. The van der Waals surface area contributed by atoms with E-state index in [4.69, 9.17) is 10.3 Å². The van der Waals surface area contributed by atoms with Gasteiger partial charge in [-0.1, -0.05) is 5.16 Å². The Bertz CT molecular complexity index is 870. The van der Waals surface area contributed by atoms with Gasteiger partial charge in [0.2, 0.25) is 11.8 Å². The summed E-state index contributed by atoms with van der Waals surface area (Å²) in [5, 5.41) is 8.99. The Morgan fingerprint density at radius 1 is 1.33 bits per heavy atom. The van der Waals surface area contributed by atoms with Crippen molar-refractivity contribution in [2.24, 2.45) is 13.0 Å². The normalized spacial score (nSPS) is 18.4. The number of piperidine rings is 1. The van der Waals surface area contributed by atoms with E-state index in [2.05, 4.69) is 30.1 Å². The lowest BCUT2D eigenvalue weighted by Gasteiger charge is -2.32. The van der Waals surface area contributed by atoms with Gasteiger partial charge >= 0.3 is 0 Å². The zero-order chi connectivity index (χ0) is 16.7. The highest BCUT2D eigenvalue weighted by molar-refractivity contribution is 5.86. The fourth-order valence-electron chi connectivity index (χ4n) is 3.27. The predicted octanol–water partition coefficient (Wildman–Crippen LogP) is 1.10. The highest BCUT2D eigenvalue weighted by atomic mass is 16.5. The van der Waals surface area contributed by atoms with E-state index in [1.807, 2.05) is 14.0 Å². The number of aryl methyl sites for hydroxylation is 2. The van der Waals surface area contributed by atoms with Crippen LogP contribution in [0.4, 0.5) is 11.8 Å². The number of nitrogens with two attached hydrogens (primary N) is 1. The van der Waals surface area contributed by atoms with Crippen molar-refractivity contribution in [2.75, 3.05) is 23.7 Å². The molecule has 0 bridgehead atoms. The van der Waals surface area contributed by atoms with Crippen molar-refractivity contribution in [1.29, 1.82) is 0 Å². The summed E-state index contributed by atoms with van der Waals surface area (Å²) in [6.45, 7) is 3.59. The predicted molar refractivity (Wildman–Crippen MR) is 88.4 cm³/mol. The maximum absolute atomic E-state index is 6.07. The van der Waals surface area contributed by atoms with E-state index in [0.29, 0.717) is 23.6 Å². The lowest BCUT2D eigenvalue weighted by Crippen LogP contribution is -2.37. The van der Waals surface area contributed by atoms with Gasteiger partial charge in [0.25, 0.3) is 0 Å². The van der Waals surface area contributed by atoms with Gasteiger partial charge < -0.3 is 15.2 Å². The minimum atomic E-state index is 0.447. The molecule has 0 aromatic carbocycles. The van der Waals surface area contributed by atoms with Crippen molar-refractivity contribution in [3.8, 4) is 0 Å². The Labute approximate surface area is 138 Å². The molecule has 0 saturated carbocycles. The third-order valence-electron chi connectivity index (χ3n) is 4.45. The monoisotopic (exact) mass is 328 g/mol. The fraction of sp³-hybridized carbons (Fsp3) is 0.533. The van der Waals surface area contributed by atoms with Crippen molar-refractivity contribution >= 4 is 22.8 Å². The summed E-state index contributed by atoms with van der Waals surface area (Å²) >= 11 is 0. The average molecular weight is 328 g/mol. The van der Waals surface area contributed by atoms with Crippen molar-refractivity contribution in [2.45, 2.75) is 26.2 Å². The Balaban J connectivity index is 1.56. The minimum absolute atomic E-state index is 0.447. The quantitative estimate of drug-likeness (QED) is 0.760. The van der Waals surface area contributed by atoms with Crippen molar-refractivity contribution in [3.63, 3.8) is 0 Å². The molecule has 1 atom stereocenters. The summed E-state index contributed by atoms with van der Waals surface area (Å²) in [6.07, 6.45) is 4.71. The third-order valence-corrected chi connectivity index (χ3v) is 4.45. The zero-order valence-corrected chi connectivity index (χ0v) is 13.8. The molecule has 9 nitrogen and oxygen atoms in total. The molecule has 0 radical (unpaired) electrons. The number of rotatable bonds is 3. The lowest BCUT2D eigenvalue weighted by atomic mass is 9.95. The molecule has 24 heavy (non-hydrogen) atoms. The summed E-state index contributed by atoms with van der Waals surface area (Å²) in [6, 6.07) is 0. The van der Waals surface area contributed by atoms with Crippen LogP contribution in [0.5, 0.6) is 0 Å². The number of hydrogen-bond acceptors (Lipinski definition) is 8. The third kappa shape index (κ3) is 2.66.